The lowest BCUT2D eigenvalue weighted by atomic mass is 10.2. The number of aryl methyl sites for hydroxylation is 1. The Bertz CT molecular complexity index is 550. The summed E-state index contributed by atoms with van der Waals surface area (Å²) in [5.74, 6) is 2.00. The number of guanidine groups is 1. The predicted molar refractivity (Wildman–Crippen MR) is 107 cm³/mol. The maximum absolute atomic E-state index is 4.59. The molecule has 0 spiro atoms. The van der Waals surface area contributed by atoms with Gasteiger partial charge in [-0.1, -0.05) is 20.8 Å². The first kappa shape index (κ1) is 18.7. The number of nitrogens with zero attached hydrogens (tertiary/aromatic N) is 5. The first-order valence-corrected chi connectivity index (χ1v) is 8.86. The maximum Gasteiger partial charge on any atom is 0.205 e. The summed E-state index contributed by atoms with van der Waals surface area (Å²) in [6.45, 7) is 10.6. The molecule has 1 saturated carbocycles. The number of nitrogens with one attached hydrogen (secondary N) is 1. The Labute approximate surface area is 159 Å². The summed E-state index contributed by atoms with van der Waals surface area (Å²) in [5.41, 5.74) is 0.418. The Morgan fingerprint density at radius 2 is 2.00 bits per heavy atom. The standard InChI is InChI=1S/C15H26N6S.HI/c1-5-12-18-14(22-19-12)21-8-6-20(7-9-21)13(16-4)17-11-10-15(11,2)3;/h11H,5-10H2,1-4H3,(H,16,17);1H. The number of aromatic nitrogens is 2. The van der Waals surface area contributed by atoms with Crippen LogP contribution in [-0.4, -0.2) is 59.5 Å². The second-order valence-electron chi connectivity index (χ2n) is 6.76. The highest BCUT2D eigenvalue weighted by molar-refractivity contribution is 14.0. The van der Waals surface area contributed by atoms with Gasteiger partial charge in [0.2, 0.25) is 5.13 Å². The van der Waals surface area contributed by atoms with E-state index in [-0.39, 0.29) is 24.0 Å². The van der Waals surface area contributed by atoms with Gasteiger partial charge in [-0.05, 0) is 11.8 Å². The third kappa shape index (κ3) is 4.26. The summed E-state index contributed by atoms with van der Waals surface area (Å²) in [4.78, 5) is 13.7. The minimum absolute atomic E-state index is 0. The number of hydrogen-bond acceptors (Lipinski definition) is 5. The zero-order valence-electron chi connectivity index (χ0n) is 14.4. The average Bonchev–Trinajstić information content (AvgIpc) is 2.92. The van der Waals surface area contributed by atoms with E-state index in [0.717, 1.165) is 49.5 Å². The molecule has 23 heavy (non-hydrogen) atoms. The summed E-state index contributed by atoms with van der Waals surface area (Å²) < 4.78 is 4.38. The van der Waals surface area contributed by atoms with Gasteiger partial charge in [0.1, 0.15) is 5.82 Å². The van der Waals surface area contributed by atoms with Crippen LogP contribution in [0.15, 0.2) is 4.99 Å². The van der Waals surface area contributed by atoms with Gasteiger partial charge in [-0.2, -0.15) is 4.37 Å². The van der Waals surface area contributed by atoms with Crippen molar-refractivity contribution in [3.63, 3.8) is 0 Å². The molecule has 0 amide bonds. The maximum atomic E-state index is 4.59. The third-order valence-corrected chi connectivity index (χ3v) is 5.47. The van der Waals surface area contributed by atoms with Crippen LogP contribution in [0.1, 0.15) is 33.0 Å². The van der Waals surface area contributed by atoms with Crippen LogP contribution in [0, 0.1) is 5.41 Å². The second-order valence-corrected chi connectivity index (χ2v) is 7.49. The molecule has 1 aromatic heterocycles. The van der Waals surface area contributed by atoms with Gasteiger partial charge in [0, 0.05) is 57.2 Å². The van der Waals surface area contributed by atoms with Crippen LogP contribution in [-0.2, 0) is 6.42 Å². The van der Waals surface area contributed by atoms with Crippen molar-refractivity contribution >= 4 is 46.6 Å². The number of anilines is 1. The first-order valence-electron chi connectivity index (χ1n) is 8.09. The fraction of sp³-hybridized carbons (Fsp3) is 0.800. The molecule has 1 atom stereocenters. The van der Waals surface area contributed by atoms with Gasteiger partial charge in [-0.25, -0.2) is 4.98 Å². The van der Waals surface area contributed by atoms with E-state index in [1.54, 1.807) is 0 Å². The fourth-order valence-electron chi connectivity index (χ4n) is 2.79. The number of aliphatic imine (C=N–C) groups is 1. The van der Waals surface area contributed by atoms with E-state index in [2.05, 4.69) is 50.2 Å². The van der Waals surface area contributed by atoms with Crippen molar-refractivity contribution in [2.75, 3.05) is 38.1 Å². The molecule has 2 aliphatic rings. The SMILES string of the molecule is CCc1nsc(N2CCN(C(=NC)NC3CC3(C)C)CC2)n1.I. The van der Waals surface area contributed by atoms with Crippen molar-refractivity contribution in [2.24, 2.45) is 10.4 Å². The molecule has 0 aromatic carbocycles. The van der Waals surface area contributed by atoms with Crippen LogP contribution in [0.3, 0.4) is 0 Å². The first-order chi connectivity index (χ1) is 10.5. The molecule has 1 aliphatic carbocycles. The topological polar surface area (TPSA) is 56.7 Å². The Morgan fingerprint density at radius 1 is 1.35 bits per heavy atom. The van der Waals surface area contributed by atoms with E-state index in [9.17, 15) is 0 Å². The highest BCUT2D eigenvalue weighted by atomic mass is 127. The smallest absolute Gasteiger partial charge is 0.205 e. The number of halogens is 1. The van der Waals surface area contributed by atoms with Crippen molar-refractivity contribution < 1.29 is 0 Å². The van der Waals surface area contributed by atoms with E-state index >= 15 is 0 Å². The molecular formula is C15H27IN6S. The third-order valence-electron chi connectivity index (χ3n) is 4.65. The molecule has 1 saturated heterocycles. The van der Waals surface area contributed by atoms with Crippen LogP contribution in [0.25, 0.3) is 0 Å². The molecule has 8 heteroatoms. The highest BCUT2D eigenvalue weighted by Crippen LogP contribution is 2.44. The quantitative estimate of drug-likeness (QED) is 0.435. The molecular weight excluding hydrogens is 423 g/mol. The van der Waals surface area contributed by atoms with Gasteiger partial charge in [-0.15, -0.1) is 24.0 Å². The molecule has 1 N–H and O–H groups in total. The van der Waals surface area contributed by atoms with Crippen molar-refractivity contribution in [3.05, 3.63) is 5.82 Å². The van der Waals surface area contributed by atoms with Crippen molar-refractivity contribution in [2.45, 2.75) is 39.7 Å². The molecule has 1 aliphatic heterocycles. The number of rotatable bonds is 3. The van der Waals surface area contributed by atoms with Gasteiger partial charge in [-0.3, -0.25) is 4.99 Å². The van der Waals surface area contributed by atoms with Gasteiger partial charge < -0.3 is 15.1 Å². The largest absolute Gasteiger partial charge is 0.353 e. The van der Waals surface area contributed by atoms with E-state index in [1.807, 2.05) is 7.05 Å². The van der Waals surface area contributed by atoms with Gasteiger partial charge in [0.05, 0.1) is 0 Å². The molecule has 1 unspecified atom stereocenters. The van der Waals surface area contributed by atoms with Crippen molar-refractivity contribution in [3.8, 4) is 0 Å². The Balaban J connectivity index is 0.00000192. The zero-order chi connectivity index (χ0) is 15.7. The monoisotopic (exact) mass is 450 g/mol. The molecule has 2 heterocycles. The fourth-order valence-corrected chi connectivity index (χ4v) is 3.59. The summed E-state index contributed by atoms with van der Waals surface area (Å²) >= 11 is 1.52. The van der Waals surface area contributed by atoms with Crippen LogP contribution < -0.4 is 10.2 Å². The Hall–Kier alpha value is -0.640. The van der Waals surface area contributed by atoms with Gasteiger partial charge >= 0.3 is 0 Å². The molecule has 0 bridgehead atoms. The Kier molecular flexibility index (Phi) is 6.10. The van der Waals surface area contributed by atoms with Crippen molar-refractivity contribution in [1.82, 2.24) is 19.6 Å². The van der Waals surface area contributed by atoms with Crippen LogP contribution in [0.5, 0.6) is 0 Å². The number of hydrogen-bond donors (Lipinski definition) is 1. The Morgan fingerprint density at radius 3 is 2.48 bits per heavy atom. The van der Waals surface area contributed by atoms with E-state index in [4.69, 9.17) is 0 Å². The second kappa shape index (κ2) is 7.50. The average molecular weight is 450 g/mol. The molecule has 0 radical (unpaired) electrons. The summed E-state index contributed by atoms with van der Waals surface area (Å²) in [6, 6.07) is 0.569. The molecule has 2 fully saturated rings. The van der Waals surface area contributed by atoms with E-state index in [1.165, 1.54) is 18.0 Å². The van der Waals surface area contributed by atoms with Crippen molar-refractivity contribution in [1.29, 1.82) is 0 Å². The number of piperazine rings is 1. The molecule has 1 aromatic rings. The van der Waals surface area contributed by atoms with Gasteiger partial charge in [0.25, 0.3) is 0 Å². The lowest BCUT2D eigenvalue weighted by Gasteiger charge is -2.36. The van der Waals surface area contributed by atoms with Crippen LogP contribution in [0.4, 0.5) is 5.13 Å². The highest BCUT2D eigenvalue weighted by Gasteiger charge is 2.46. The minimum atomic E-state index is 0. The molecule has 130 valence electrons. The van der Waals surface area contributed by atoms with Gasteiger partial charge in [0.15, 0.2) is 5.96 Å². The van der Waals surface area contributed by atoms with Crippen LogP contribution >= 0.6 is 35.5 Å². The minimum Gasteiger partial charge on any atom is -0.353 e. The zero-order valence-corrected chi connectivity index (χ0v) is 17.5. The molecule has 6 nitrogen and oxygen atoms in total. The van der Waals surface area contributed by atoms with Crippen LogP contribution in [0.2, 0.25) is 0 Å². The summed E-state index contributed by atoms with van der Waals surface area (Å²) in [5, 5.41) is 4.66. The molecule has 3 rings (SSSR count). The van der Waals surface area contributed by atoms with E-state index in [0.29, 0.717) is 11.5 Å². The lowest BCUT2D eigenvalue weighted by molar-refractivity contribution is 0.369. The van der Waals surface area contributed by atoms with E-state index < -0.39 is 0 Å². The predicted octanol–water partition coefficient (Wildman–Crippen LogP) is 2.21. The normalized spacial score (nSPS) is 23.5. The summed E-state index contributed by atoms with van der Waals surface area (Å²) in [6.07, 6.45) is 2.14. The lowest BCUT2D eigenvalue weighted by Crippen LogP contribution is -2.53. The summed E-state index contributed by atoms with van der Waals surface area (Å²) in [7, 11) is 1.88.